The second-order valence-corrected chi connectivity index (χ2v) is 7.18. The van der Waals surface area contributed by atoms with Gasteiger partial charge >= 0.3 is 0 Å². The number of hydrogen-bond acceptors (Lipinski definition) is 3. The molecule has 3 rings (SSSR count). The zero-order valence-corrected chi connectivity index (χ0v) is 14.7. The molecule has 2 aliphatic rings. The van der Waals surface area contributed by atoms with Crippen LogP contribution in [0.3, 0.4) is 0 Å². The molecule has 2 saturated heterocycles. The smallest absolute Gasteiger partial charge is 0.255 e. The van der Waals surface area contributed by atoms with E-state index in [9.17, 15) is 9.59 Å². The van der Waals surface area contributed by atoms with Crippen LogP contribution in [0.5, 0.6) is 0 Å². The number of anilines is 1. The Balaban J connectivity index is 1.77. The van der Waals surface area contributed by atoms with Gasteiger partial charge in [0.15, 0.2) is 0 Å². The molecule has 24 heavy (non-hydrogen) atoms. The number of nitrogens with one attached hydrogen (secondary N) is 2. The summed E-state index contributed by atoms with van der Waals surface area (Å²) in [7, 11) is 0. The lowest BCUT2D eigenvalue weighted by Gasteiger charge is -2.32. The summed E-state index contributed by atoms with van der Waals surface area (Å²) < 4.78 is 0. The van der Waals surface area contributed by atoms with Crippen LogP contribution in [0.4, 0.5) is 5.69 Å². The van der Waals surface area contributed by atoms with Gasteiger partial charge in [0.1, 0.15) is 0 Å². The molecule has 1 unspecified atom stereocenters. The van der Waals surface area contributed by atoms with Crippen LogP contribution >= 0.6 is 11.6 Å². The number of halogens is 1. The second-order valence-electron chi connectivity index (χ2n) is 6.74. The Morgan fingerprint density at radius 3 is 2.58 bits per heavy atom. The summed E-state index contributed by atoms with van der Waals surface area (Å²) in [5, 5.41) is 6.61. The van der Waals surface area contributed by atoms with Crippen molar-refractivity contribution in [2.45, 2.75) is 26.2 Å². The summed E-state index contributed by atoms with van der Waals surface area (Å²) in [6.45, 7) is 5.21. The fourth-order valence-corrected chi connectivity index (χ4v) is 3.37. The summed E-state index contributed by atoms with van der Waals surface area (Å²) in [5.41, 5.74) is 1.04. The highest BCUT2D eigenvalue weighted by atomic mass is 35.5. The summed E-state index contributed by atoms with van der Waals surface area (Å²) in [6, 6.07) is 5.08. The average Bonchev–Trinajstić information content (AvgIpc) is 2.53. The Kier molecular flexibility index (Phi) is 5.41. The molecule has 1 aromatic carbocycles. The number of likely N-dealkylation sites (tertiary alicyclic amines) is 1. The van der Waals surface area contributed by atoms with Crippen molar-refractivity contribution in [1.29, 1.82) is 0 Å². The number of benzene rings is 1. The van der Waals surface area contributed by atoms with Crippen molar-refractivity contribution in [2.75, 3.05) is 31.5 Å². The molecule has 130 valence electrons. The minimum absolute atomic E-state index is 0.0281. The van der Waals surface area contributed by atoms with E-state index < -0.39 is 0 Å². The Hall–Kier alpha value is -1.59. The zero-order chi connectivity index (χ0) is 17.1. The number of nitrogens with zero attached hydrogens (tertiary/aromatic N) is 1. The first kappa shape index (κ1) is 17.2. The SMILES string of the molecule is CC(C(=O)Nc1cc(Cl)ccc1C(=O)N1CCCCC1)C1CNC1. The Labute approximate surface area is 147 Å². The Morgan fingerprint density at radius 1 is 1.25 bits per heavy atom. The van der Waals surface area contributed by atoms with Gasteiger partial charge in [-0.2, -0.15) is 0 Å². The van der Waals surface area contributed by atoms with Gasteiger partial charge in [-0.25, -0.2) is 0 Å². The average molecular weight is 350 g/mol. The number of amides is 2. The fraction of sp³-hybridized carbons (Fsp3) is 0.556. The fourth-order valence-electron chi connectivity index (χ4n) is 3.20. The summed E-state index contributed by atoms with van der Waals surface area (Å²) in [6.07, 6.45) is 3.24. The Bertz CT molecular complexity index is 625. The first-order chi connectivity index (χ1) is 11.6. The molecule has 0 radical (unpaired) electrons. The molecular weight excluding hydrogens is 326 g/mol. The lowest BCUT2D eigenvalue weighted by molar-refractivity contribution is -0.121. The van der Waals surface area contributed by atoms with Crippen LogP contribution in [0.1, 0.15) is 36.5 Å². The van der Waals surface area contributed by atoms with Crippen LogP contribution in [0, 0.1) is 11.8 Å². The van der Waals surface area contributed by atoms with E-state index in [4.69, 9.17) is 11.6 Å². The number of rotatable bonds is 4. The van der Waals surface area contributed by atoms with E-state index in [0.717, 1.165) is 39.0 Å². The molecular formula is C18H24ClN3O2. The van der Waals surface area contributed by atoms with Gasteiger partial charge in [-0.15, -0.1) is 0 Å². The van der Waals surface area contributed by atoms with Gasteiger partial charge in [-0.05, 0) is 56.5 Å². The highest BCUT2D eigenvalue weighted by molar-refractivity contribution is 6.31. The highest BCUT2D eigenvalue weighted by Gasteiger charge is 2.30. The first-order valence-electron chi connectivity index (χ1n) is 8.66. The number of hydrogen-bond donors (Lipinski definition) is 2. The maximum absolute atomic E-state index is 12.8. The third-order valence-electron chi connectivity index (χ3n) is 5.05. The lowest BCUT2D eigenvalue weighted by atomic mass is 9.88. The van der Waals surface area contributed by atoms with Crippen molar-refractivity contribution >= 4 is 29.1 Å². The van der Waals surface area contributed by atoms with E-state index >= 15 is 0 Å². The number of piperidine rings is 1. The van der Waals surface area contributed by atoms with E-state index in [1.165, 1.54) is 6.42 Å². The van der Waals surface area contributed by atoms with Crippen molar-refractivity contribution in [3.05, 3.63) is 28.8 Å². The van der Waals surface area contributed by atoms with Crippen LogP contribution in [0.15, 0.2) is 18.2 Å². The lowest BCUT2D eigenvalue weighted by Crippen LogP contribution is -2.48. The molecule has 2 fully saturated rings. The predicted octanol–water partition coefficient (Wildman–Crippen LogP) is 2.76. The molecule has 5 nitrogen and oxygen atoms in total. The second kappa shape index (κ2) is 7.53. The minimum Gasteiger partial charge on any atom is -0.339 e. The third kappa shape index (κ3) is 3.73. The van der Waals surface area contributed by atoms with Crippen LogP contribution < -0.4 is 10.6 Å². The number of carbonyl (C=O) groups is 2. The van der Waals surface area contributed by atoms with Gasteiger partial charge < -0.3 is 15.5 Å². The molecule has 2 heterocycles. The monoisotopic (exact) mass is 349 g/mol. The maximum atomic E-state index is 12.8. The molecule has 1 aromatic rings. The standard InChI is InChI=1S/C18H24ClN3O2/c1-12(13-10-20-11-13)17(23)21-16-9-14(19)5-6-15(16)18(24)22-7-3-2-4-8-22/h5-6,9,12-13,20H,2-4,7-8,10-11H2,1H3,(H,21,23). The largest absolute Gasteiger partial charge is 0.339 e. The van der Waals surface area contributed by atoms with E-state index in [1.54, 1.807) is 18.2 Å². The maximum Gasteiger partial charge on any atom is 0.255 e. The first-order valence-corrected chi connectivity index (χ1v) is 9.04. The molecule has 0 bridgehead atoms. The topological polar surface area (TPSA) is 61.4 Å². The van der Waals surface area contributed by atoms with Crippen LogP contribution in [-0.2, 0) is 4.79 Å². The van der Waals surface area contributed by atoms with Crippen LogP contribution in [0.2, 0.25) is 5.02 Å². The quantitative estimate of drug-likeness (QED) is 0.878. The summed E-state index contributed by atoms with van der Waals surface area (Å²) >= 11 is 6.09. The number of carbonyl (C=O) groups excluding carboxylic acids is 2. The molecule has 6 heteroatoms. The van der Waals surface area contributed by atoms with Gasteiger partial charge in [0.2, 0.25) is 5.91 Å². The van der Waals surface area contributed by atoms with Gasteiger partial charge in [-0.3, -0.25) is 9.59 Å². The molecule has 0 aromatic heterocycles. The van der Waals surface area contributed by atoms with Crippen LogP contribution in [-0.4, -0.2) is 42.9 Å². The normalized spacial score (nSPS) is 19.5. The van der Waals surface area contributed by atoms with Gasteiger partial charge in [0.25, 0.3) is 5.91 Å². The summed E-state index contributed by atoms with van der Waals surface area (Å²) in [5.74, 6) is 0.171. The van der Waals surface area contributed by atoms with E-state index in [0.29, 0.717) is 22.2 Å². The van der Waals surface area contributed by atoms with Gasteiger partial charge in [-0.1, -0.05) is 18.5 Å². The van der Waals surface area contributed by atoms with E-state index in [-0.39, 0.29) is 17.7 Å². The minimum atomic E-state index is -0.0943. The Morgan fingerprint density at radius 2 is 1.96 bits per heavy atom. The van der Waals surface area contributed by atoms with Gasteiger partial charge in [0, 0.05) is 24.0 Å². The van der Waals surface area contributed by atoms with E-state index in [2.05, 4.69) is 10.6 Å². The zero-order valence-electron chi connectivity index (χ0n) is 14.0. The molecule has 2 N–H and O–H groups in total. The van der Waals surface area contributed by atoms with Crippen molar-refractivity contribution in [3.8, 4) is 0 Å². The predicted molar refractivity (Wildman–Crippen MR) is 95.4 cm³/mol. The van der Waals surface area contributed by atoms with E-state index in [1.807, 2.05) is 11.8 Å². The molecule has 2 amide bonds. The molecule has 0 saturated carbocycles. The highest BCUT2D eigenvalue weighted by Crippen LogP contribution is 2.26. The third-order valence-corrected chi connectivity index (χ3v) is 5.28. The van der Waals surface area contributed by atoms with Crippen LogP contribution in [0.25, 0.3) is 0 Å². The van der Waals surface area contributed by atoms with Crippen molar-refractivity contribution in [1.82, 2.24) is 10.2 Å². The summed E-state index contributed by atoms with van der Waals surface area (Å²) in [4.78, 5) is 27.2. The molecule has 0 spiro atoms. The van der Waals surface area contributed by atoms with Crippen molar-refractivity contribution in [3.63, 3.8) is 0 Å². The molecule has 1 atom stereocenters. The van der Waals surface area contributed by atoms with Gasteiger partial charge in [0.05, 0.1) is 11.3 Å². The molecule has 2 aliphatic heterocycles. The molecule has 0 aliphatic carbocycles. The van der Waals surface area contributed by atoms with Crippen molar-refractivity contribution < 1.29 is 9.59 Å². The van der Waals surface area contributed by atoms with Crippen molar-refractivity contribution in [2.24, 2.45) is 11.8 Å².